The van der Waals surface area contributed by atoms with Gasteiger partial charge in [-0.15, -0.1) is 0 Å². The number of benzene rings is 2. The third-order valence-electron chi connectivity index (χ3n) is 3.94. The van der Waals surface area contributed by atoms with Gasteiger partial charge in [0, 0.05) is 33.4 Å². The molecule has 2 aromatic rings. The summed E-state index contributed by atoms with van der Waals surface area (Å²) in [5.41, 5.74) is 3.93. The minimum absolute atomic E-state index is 0.0417. The summed E-state index contributed by atoms with van der Waals surface area (Å²) in [6.07, 6.45) is 0. The van der Waals surface area contributed by atoms with Gasteiger partial charge in [0.15, 0.2) is 0 Å². The minimum Gasteiger partial charge on any atom is -0.394 e. The van der Waals surface area contributed by atoms with Crippen molar-refractivity contribution >= 4 is 38.9 Å². The van der Waals surface area contributed by atoms with E-state index in [4.69, 9.17) is 16.6 Å². The van der Waals surface area contributed by atoms with Crippen molar-refractivity contribution in [2.45, 2.75) is 6.04 Å². The van der Waals surface area contributed by atoms with Gasteiger partial charge in [-0.05, 0) is 24.3 Å². The molecular formula is C17H16BrClN2O. The molecule has 114 valence electrons. The molecule has 0 fully saturated rings. The van der Waals surface area contributed by atoms with Gasteiger partial charge < -0.3 is 10.0 Å². The molecule has 0 saturated heterocycles. The Morgan fingerprint density at radius 3 is 2.77 bits per heavy atom. The highest BCUT2D eigenvalue weighted by Crippen LogP contribution is 2.31. The molecule has 1 atom stereocenters. The third kappa shape index (κ3) is 2.78. The van der Waals surface area contributed by atoms with E-state index in [1.807, 2.05) is 49.5 Å². The summed E-state index contributed by atoms with van der Waals surface area (Å²) >= 11 is 9.80. The Morgan fingerprint density at radius 2 is 2.05 bits per heavy atom. The molecular weight excluding hydrogens is 364 g/mol. The average molecular weight is 380 g/mol. The molecule has 0 spiro atoms. The maximum atomic E-state index is 9.63. The summed E-state index contributed by atoms with van der Waals surface area (Å²) in [4.78, 5) is 6.83. The Hall–Kier alpha value is -1.36. The SMILES string of the molecule is CN1c2ccc(Cl)cc2C(c2ccccc2Br)=NCC1CO. The van der Waals surface area contributed by atoms with Crippen LogP contribution in [0.3, 0.4) is 0 Å². The second-order valence-electron chi connectivity index (χ2n) is 5.28. The predicted molar refractivity (Wildman–Crippen MR) is 95.4 cm³/mol. The van der Waals surface area contributed by atoms with Gasteiger partial charge in [0.25, 0.3) is 0 Å². The molecule has 1 aliphatic rings. The first-order chi connectivity index (χ1) is 10.6. The van der Waals surface area contributed by atoms with E-state index < -0.39 is 0 Å². The van der Waals surface area contributed by atoms with Gasteiger partial charge in [-0.1, -0.05) is 45.7 Å². The number of hydrogen-bond acceptors (Lipinski definition) is 3. The summed E-state index contributed by atoms with van der Waals surface area (Å²) in [6.45, 7) is 0.598. The Kier molecular flexibility index (Phi) is 4.52. The number of aliphatic imine (C=N–C) groups is 1. The highest BCUT2D eigenvalue weighted by molar-refractivity contribution is 9.10. The maximum absolute atomic E-state index is 9.63. The molecule has 1 aliphatic heterocycles. The molecule has 1 unspecified atom stereocenters. The van der Waals surface area contributed by atoms with Crippen molar-refractivity contribution in [1.82, 2.24) is 0 Å². The molecule has 2 aromatic carbocycles. The molecule has 0 radical (unpaired) electrons. The Bertz CT molecular complexity index is 732. The van der Waals surface area contributed by atoms with Crippen LogP contribution in [0.25, 0.3) is 0 Å². The molecule has 5 heteroatoms. The molecule has 0 aromatic heterocycles. The molecule has 22 heavy (non-hydrogen) atoms. The number of benzodiazepines with no additional fused rings is 1. The van der Waals surface area contributed by atoms with E-state index in [0.29, 0.717) is 11.6 Å². The zero-order valence-electron chi connectivity index (χ0n) is 12.1. The van der Waals surface area contributed by atoms with Gasteiger partial charge in [-0.25, -0.2) is 0 Å². The van der Waals surface area contributed by atoms with E-state index in [2.05, 4.69) is 20.8 Å². The Balaban J connectivity index is 2.22. The number of anilines is 1. The van der Waals surface area contributed by atoms with E-state index in [1.165, 1.54) is 0 Å². The van der Waals surface area contributed by atoms with Crippen molar-refractivity contribution in [1.29, 1.82) is 0 Å². The predicted octanol–water partition coefficient (Wildman–Crippen LogP) is 3.75. The van der Waals surface area contributed by atoms with Crippen LogP contribution in [-0.4, -0.2) is 37.1 Å². The van der Waals surface area contributed by atoms with Crippen LogP contribution in [-0.2, 0) is 0 Å². The van der Waals surface area contributed by atoms with Crippen LogP contribution in [0.5, 0.6) is 0 Å². The summed E-state index contributed by atoms with van der Waals surface area (Å²) in [5.74, 6) is 0. The average Bonchev–Trinajstić information content (AvgIpc) is 2.65. The fraction of sp³-hybridized carbons (Fsp3) is 0.235. The van der Waals surface area contributed by atoms with Crippen LogP contribution in [0.4, 0.5) is 5.69 Å². The van der Waals surface area contributed by atoms with E-state index in [1.54, 1.807) is 0 Å². The third-order valence-corrected chi connectivity index (χ3v) is 4.87. The van der Waals surface area contributed by atoms with E-state index >= 15 is 0 Å². The maximum Gasteiger partial charge on any atom is 0.0752 e. The summed E-state index contributed by atoms with van der Waals surface area (Å²) in [5, 5.41) is 10.3. The molecule has 3 rings (SSSR count). The number of fused-ring (bicyclic) bond motifs is 1. The largest absolute Gasteiger partial charge is 0.394 e. The Labute approximate surface area is 143 Å². The van der Waals surface area contributed by atoms with Gasteiger partial charge in [0.2, 0.25) is 0 Å². The van der Waals surface area contributed by atoms with Crippen LogP contribution in [0.1, 0.15) is 11.1 Å². The van der Waals surface area contributed by atoms with Crippen LogP contribution in [0, 0.1) is 0 Å². The lowest BCUT2D eigenvalue weighted by Crippen LogP contribution is -2.36. The fourth-order valence-electron chi connectivity index (χ4n) is 2.67. The number of aliphatic hydroxyl groups excluding tert-OH is 1. The highest BCUT2D eigenvalue weighted by atomic mass is 79.9. The van der Waals surface area contributed by atoms with E-state index in [9.17, 15) is 5.11 Å². The van der Waals surface area contributed by atoms with E-state index in [0.717, 1.165) is 27.0 Å². The number of halogens is 2. The Morgan fingerprint density at radius 1 is 1.27 bits per heavy atom. The first-order valence-corrected chi connectivity index (χ1v) is 8.22. The van der Waals surface area contributed by atoms with Crippen molar-refractivity contribution in [2.75, 3.05) is 25.1 Å². The molecule has 0 saturated carbocycles. The van der Waals surface area contributed by atoms with Gasteiger partial charge in [0.1, 0.15) is 0 Å². The summed E-state index contributed by atoms with van der Waals surface area (Å²) < 4.78 is 0.991. The van der Waals surface area contributed by atoms with Crippen molar-refractivity contribution in [3.05, 3.63) is 63.1 Å². The molecule has 0 amide bonds. The number of likely N-dealkylation sites (N-methyl/N-ethyl adjacent to an activating group) is 1. The smallest absolute Gasteiger partial charge is 0.0752 e. The van der Waals surface area contributed by atoms with Crippen LogP contribution >= 0.6 is 27.5 Å². The topological polar surface area (TPSA) is 35.8 Å². The number of hydrogen-bond donors (Lipinski definition) is 1. The normalized spacial score (nSPS) is 17.7. The molecule has 3 nitrogen and oxygen atoms in total. The van der Waals surface area contributed by atoms with Gasteiger partial charge in [0.05, 0.1) is 24.9 Å². The number of nitrogens with zero attached hydrogens (tertiary/aromatic N) is 2. The minimum atomic E-state index is -0.0417. The lowest BCUT2D eigenvalue weighted by Gasteiger charge is -2.27. The van der Waals surface area contributed by atoms with Crippen LogP contribution in [0.15, 0.2) is 51.9 Å². The van der Waals surface area contributed by atoms with Crippen LogP contribution < -0.4 is 4.90 Å². The summed E-state index contributed by atoms with van der Waals surface area (Å²) in [6, 6.07) is 13.8. The first-order valence-electron chi connectivity index (χ1n) is 7.04. The zero-order chi connectivity index (χ0) is 15.7. The molecule has 1 N–H and O–H groups in total. The van der Waals surface area contributed by atoms with Crippen LogP contribution in [0.2, 0.25) is 5.02 Å². The molecule has 0 bridgehead atoms. The van der Waals surface area contributed by atoms with Gasteiger partial charge >= 0.3 is 0 Å². The van der Waals surface area contributed by atoms with Gasteiger partial charge in [-0.3, -0.25) is 4.99 Å². The van der Waals surface area contributed by atoms with Crippen molar-refractivity contribution in [2.24, 2.45) is 4.99 Å². The molecule has 0 aliphatic carbocycles. The standard InChI is InChI=1S/C17H16BrClN2O/c1-21-12(10-22)9-20-17(13-4-2-3-5-15(13)18)14-8-11(19)6-7-16(14)21/h2-8,12,22H,9-10H2,1H3. The second-order valence-corrected chi connectivity index (χ2v) is 6.57. The monoisotopic (exact) mass is 378 g/mol. The summed E-state index contributed by atoms with van der Waals surface area (Å²) in [7, 11) is 1.98. The van der Waals surface area contributed by atoms with Gasteiger partial charge in [-0.2, -0.15) is 0 Å². The fourth-order valence-corrected chi connectivity index (χ4v) is 3.31. The van der Waals surface area contributed by atoms with Crippen molar-refractivity contribution in [3.8, 4) is 0 Å². The molecule has 1 heterocycles. The lowest BCUT2D eigenvalue weighted by molar-refractivity contribution is 0.265. The lowest BCUT2D eigenvalue weighted by atomic mass is 10.0. The van der Waals surface area contributed by atoms with Crippen molar-refractivity contribution in [3.63, 3.8) is 0 Å². The highest BCUT2D eigenvalue weighted by Gasteiger charge is 2.24. The first kappa shape index (κ1) is 15.5. The van der Waals surface area contributed by atoms with Crippen molar-refractivity contribution < 1.29 is 5.11 Å². The van der Waals surface area contributed by atoms with E-state index in [-0.39, 0.29) is 12.6 Å². The second kappa shape index (κ2) is 6.41. The zero-order valence-corrected chi connectivity index (χ0v) is 14.5. The number of rotatable bonds is 2. The quantitative estimate of drug-likeness (QED) is 0.862. The number of aliphatic hydroxyl groups is 1.